The third kappa shape index (κ3) is 3.16. The number of pyridine rings is 1. The van der Waals surface area contributed by atoms with Crippen molar-refractivity contribution in [2.45, 2.75) is 6.92 Å². The molecular weight excluding hydrogens is 287 g/mol. The average Bonchev–Trinajstić information content (AvgIpc) is 2.36. The molecule has 0 saturated heterocycles. The first-order chi connectivity index (χ1) is 8.97. The highest BCUT2D eigenvalue weighted by atomic mass is 35.5. The second kappa shape index (κ2) is 5.47. The number of carbonyl (C=O) groups is 1. The number of aryl methyl sites for hydroxylation is 1. The Kier molecular flexibility index (Phi) is 3.93. The number of rotatable bonds is 3. The standard InChI is InChI=1S/C13H10Cl2N2O2/c1-7-2-3-9(5-10(7)14)17-12-11(15)4-8(6-16-12)13(18)19/h2-6H,1H3,(H,16,17)(H,18,19). The summed E-state index contributed by atoms with van der Waals surface area (Å²) in [6.45, 7) is 1.90. The van der Waals surface area contributed by atoms with Gasteiger partial charge in [-0.05, 0) is 30.7 Å². The van der Waals surface area contributed by atoms with Gasteiger partial charge in [-0.1, -0.05) is 29.3 Å². The first-order valence-corrected chi connectivity index (χ1v) is 6.15. The lowest BCUT2D eigenvalue weighted by molar-refractivity contribution is 0.0696. The van der Waals surface area contributed by atoms with Gasteiger partial charge in [0, 0.05) is 16.9 Å². The van der Waals surface area contributed by atoms with Crippen molar-refractivity contribution >= 4 is 40.7 Å². The fraction of sp³-hybridized carbons (Fsp3) is 0.0769. The molecule has 4 nitrogen and oxygen atoms in total. The Balaban J connectivity index is 2.28. The molecule has 1 aromatic carbocycles. The number of aromatic carboxylic acids is 1. The van der Waals surface area contributed by atoms with E-state index in [9.17, 15) is 4.79 Å². The zero-order valence-electron chi connectivity index (χ0n) is 9.95. The van der Waals surface area contributed by atoms with Crippen molar-refractivity contribution in [1.82, 2.24) is 4.98 Å². The van der Waals surface area contributed by atoms with Crippen LogP contribution in [0.1, 0.15) is 15.9 Å². The van der Waals surface area contributed by atoms with Crippen molar-refractivity contribution in [3.8, 4) is 0 Å². The van der Waals surface area contributed by atoms with Gasteiger partial charge in [0.05, 0.1) is 10.6 Å². The summed E-state index contributed by atoms with van der Waals surface area (Å²) in [5, 5.41) is 12.7. The molecule has 1 heterocycles. The van der Waals surface area contributed by atoms with Crippen LogP contribution in [0.4, 0.5) is 11.5 Å². The molecule has 0 atom stereocenters. The lowest BCUT2D eigenvalue weighted by atomic mass is 10.2. The lowest BCUT2D eigenvalue weighted by Crippen LogP contribution is -2.00. The summed E-state index contributed by atoms with van der Waals surface area (Å²) in [6, 6.07) is 6.80. The molecule has 0 fully saturated rings. The topological polar surface area (TPSA) is 62.2 Å². The molecule has 0 bridgehead atoms. The van der Waals surface area contributed by atoms with Crippen LogP contribution in [0.3, 0.4) is 0 Å². The largest absolute Gasteiger partial charge is 0.478 e. The molecule has 0 aliphatic rings. The Hall–Kier alpha value is -1.78. The van der Waals surface area contributed by atoms with Gasteiger partial charge in [0.1, 0.15) is 5.82 Å². The van der Waals surface area contributed by atoms with E-state index >= 15 is 0 Å². The Bertz CT molecular complexity index is 645. The summed E-state index contributed by atoms with van der Waals surface area (Å²) in [4.78, 5) is 14.7. The predicted molar refractivity (Wildman–Crippen MR) is 75.7 cm³/mol. The molecule has 19 heavy (non-hydrogen) atoms. The third-order valence-electron chi connectivity index (χ3n) is 2.52. The van der Waals surface area contributed by atoms with E-state index in [1.807, 2.05) is 19.1 Å². The summed E-state index contributed by atoms with van der Waals surface area (Å²) in [7, 11) is 0. The van der Waals surface area contributed by atoms with E-state index in [1.54, 1.807) is 6.07 Å². The SMILES string of the molecule is Cc1ccc(Nc2ncc(C(=O)O)cc2Cl)cc1Cl. The van der Waals surface area contributed by atoms with Crippen LogP contribution in [0.25, 0.3) is 0 Å². The number of benzene rings is 1. The van der Waals surface area contributed by atoms with Gasteiger partial charge in [0.25, 0.3) is 0 Å². The summed E-state index contributed by atoms with van der Waals surface area (Å²) >= 11 is 12.0. The van der Waals surface area contributed by atoms with Gasteiger partial charge in [-0.2, -0.15) is 0 Å². The van der Waals surface area contributed by atoms with E-state index in [1.165, 1.54) is 12.3 Å². The van der Waals surface area contributed by atoms with Crippen molar-refractivity contribution in [3.05, 3.63) is 51.6 Å². The van der Waals surface area contributed by atoms with Gasteiger partial charge in [-0.15, -0.1) is 0 Å². The summed E-state index contributed by atoms with van der Waals surface area (Å²) < 4.78 is 0. The predicted octanol–water partition coefficient (Wildman–Crippen LogP) is 4.14. The van der Waals surface area contributed by atoms with E-state index in [0.717, 1.165) is 11.3 Å². The minimum Gasteiger partial charge on any atom is -0.478 e. The maximum absolute atomic E-state index is 10.8. The number of halogens is 2. The zero-order valence-corrected chi connectivity index (χ0v) is 11.5. The average molecular weight is 297 g/mol. The smallest absolute Gasteiger partial charge is 0.337 e. The Morgan fingerprint density at radius 3 is 2.58 bits per heavy atom. The maximum Gasteiger partial charge on any atom is 0.337 e. The van der Waals surface area contributed by atoms with E-state index in [4.69, 9.17) is 28.3 Å². The molecule has 0 aliphatic carbocycles. The third-order valence-corrected chi connectivity index (χ3v) is 3.22. The number of hydrogen-bond acceptors (Lipinski definition) is 3. The fourth-order valence-corrected chi connectivity index (χ4v) is 1.85. The van der Waals surface area contributed by atoms with Gasteiger partial charge in [0.15, 0.2) is 0 Å². The van der Waals surface area contributed by atoms with Crippen LogP contribution in [0.2, 0.25) is 10.0 Å². The monoisotopic (exact) mass is 296 g/mol. The van der Waals surface area contributed by atoms with Crippen molar-refractivity contribution in [2.24, 2.45) is 0 Å². The summed E-state index contributed by atoms with van der Waals surface area (Å²) in [6.07, 6.45) is 1.24. The van der Waals surface area contributed by atoms with Crippen LogP contribution in [-0.4, -0.2) is 16.1 Å². The number of carboxylic acid groups (broad SMARTS) is 1. The number of aromatic nitrogens is 1. The van der Waals surface area contributed by atoms with Crippen LogP contribution >= 0.6 is 23.2 Å². The highest BCUT2D eigenvalue weighted by Gasteiger charge is 2.09. The highest BCUT2D eigenvalue weighted by molar-refractivity contribution is 6.33. The number of nitrogens with zero attached hydrogens (tertiary/aromatic N) is 1. The zero-order chi connectivity index (χ0) is 14.0. The van der Waals surface area contributed by atoms with Gasteiger partial charge in [-0.3, -0.25) is 0 Å². The number of nitrogens with one attached hydrogen (secondary N) is 1. The van der Waals surface area contributed by atoms with Gasteiger partial charge < -0.3 is 10.4 Å². The molecule has 1 aromatic heterocycles. The minimum atomic E-state index is -1.07. The fourth-order valence-electron chi connectivity index (χ4n) is 1.45. The molecule has 6 heteroatoms. The Morgan fingerprint density at radius 2 is 2.00 bits per heavy atom. The molecule has 0 unspecified atom stereocenters. The maximum atomic E-state index is 10.8. The molecule has 98 valence electrons. The van der Waals surface area contributed by atoms with Gasteiger partial charge in [-0.25, -0.2) is 9.78 Å². The van der Waals surface area contributed by atoms with E-state index in [-0.39, 0.29) is 10.6 Å². The van der Waals surface area contributed by atoms with Crippen LogP contribution in [-0.2, 0) is 0 Å². The Labute approximate surface area is 120 Å². The van der Waals surface area contributed by atoms with Crippen molar-refractivity contribution in [1.29, 1.82) is 0 Å². The molecular formula is C13H10Cl2N2O2. The molecule has 2 rings (SSSR count). The molecule has 0 spiro atoms. The summed E-state index contributed by atoms with van der Waals surface area (Å²) in [5.74, 6) is -0.689. The van der Waals surface area contributed by atoms with Crippen LogP contribution in [0.15, 0.2) is 30.5 Å². The molecule has 2 aromatic rings. The Morgan fingerprint density at radius 1 is 1.26 bits per heavy atom. The molecule has 0 saturated carbocycles. The second-order valence-corrected chi connectivity index (χ2v) is 4.76. The van der Waals surface area contributed by atoms with E-state index in [0.29, 0.717) is 10.8 Å². The first-order valence-electron chi connectivity index (χ1n) is 5.39. The molecule has 2 N–H and O–H groups in total. The first kappa shape index (κ1) is 13.6. The van der Waals surface area contributed by atoms with Crippen molar-refractivity contribution in [3.63, 3.8) is 0 Å². The second-order valence-electron chi connectivity index (χ2n) is 3.95. The van der Waals surface area contributed by atoms with Crippen LogP contribution < -0.4 is 5.32 Å². The number of anilines is 2. The number of hydrogen-bond donors (Lipinski definition) is 2. The summed E-state index contributed by atoms with van der Waals surface area (Å²) in [5.41, 5.74) is 1.73. The van der Waals surface area contributed by atoms with Gasteiger partial charge >= 0.3 is 5.97 Å². The van der Waals surface area contributed by atoms with Crippen molar-refractivity contribution < 1.29 is 9.90 Å². The minimum absolute atomic E-state index is 0.0393. The van der Waals surface area contributed by atoms with Gasteiger partial charge in [0.2, 0.25) is 0 Å². The van der Waals surface area contributed by atoms with Crippen molar-refractivity contribution in [2.75, 3.05) is 5.32 Å². The molecule has 0 aliphatic heterocycles. The van der Waals surface area contributed by atoms with Crippen LogP contribution in [0.5, 0.6) is 0 Å². The lowest BCUT2D eigenvalue weighted by Gasteiger charge is -2.09. The molecule has 0 amide bonds. The molecule has 0 radical (unpaired) electrons. The van der Waals surface area contributed by atoms with E-state index < -0.39 is 5.97 Å². The quantitative estimate of drug-likeness (QED) is 0.893. The van der Waals surface area contributed by atoms with Crippen LogP contribution in [0, 0.1) is 6.92 Å². The number of carboxylic acids is 1. The normalized spacial score (nSPS) is 10.3. The highest BCUT2D eigenvalue weighted by Crippen LogP contribution is 2.26. The van der Waals surface area contributed by atoms with E-state index in [2.05, 4.69) is 10.3 Å².